The van der Waals surface area contributed by atoms with E-state index in [0.717, 1.165) is 10.7 Å². The summed E-state index contributed by atoms with van der Waals surface area (Å²) in [5, 5.41) is 5.86. The Hall–Kier alpha value is -2.01. The second kappa shape index (κ2) is 7.31. The van der Waals surface area contributed by atoms with Gasteiger partial charge < -0.3 is 5.32 Å². The van der Waals surface area contributed by atoms with Crippen molar-refractivity contribution in [2.45, 2.75) is 39.5 Å². The first kappa shape index (κ1) is 16.4. The Kier molecular flexibility index (Phi) is 5.44. The van der Waals surface area contributed by atoms with Crippen LogP contribution in [0.4, 0.5) is 5.69 Å². The third kappa shape index (κ3) is 4.49. The maximum atomic E-state index is 12.0. The van der Waals surface area contributed by atoms with Gasteiger partial charge in [0, 0.05) is 29.5 Å². The molecule has 1 heterocycles. The van der Waals surface area contributed by atoms with Gasteiger partial charge in [-0.2, -0.15) is 0 Å². The molecule has 22 heavy (non-hydrogen) atoms. The largest absolute Gasteiger partial charge is 0.326 e. The van der Waals surface area contributed by atoms with Crippen molar-refractivity contribution < 1.29 is 9.59 Å². The van der Waals surface area contributed by atoms with E-state index >= 15 is 0 Å². The Labute approximate surface area is 134 Å². The summed E-state index contributed by atoms with van der Waals surface area (Å²) < 4.78 is 0. The zero-order valence-corrected chi connectivity index (χ0v) is 13.9. The van der Waals surface area contributed by atoms with E-state index in [9.17, 15) is 9.59 Å². The van der Waals surface area contributed by atoms with E-state index in [0.29, 0.717) is 30.0 Å². The van der Waals surface area contributed by atoms with Gasteiger partial charge in [-0.25, -0.2) is 4.98 Å². The molecule has 1 amide bonds. The van der Waals surface area contributed by atoms with Gasteiger partial charge in [0.25, 0.3) is 0 Å². The first-order valence-electron chi connectivity index (χ1n) is 7.31. The average molecular weight is 316 g/mol. The summed E-state index contributed by atoms with van der Waals surface area (Å²) in [5.41, 5.74) is 2.33. The Bertz CT molecular complexity index is 677. The minimum Gasteiger partial charge on any atom is -0.326 e. The monoisotopic (exact) mass is 316 g/mol. The van der Waals surface area contributed by atoms with Crippen LogP contribution in [0.3, 0.4) is 0 Å². The van der Waals surface area contributed by atoms with Crippen LogP contribution in [0, 0.1) is 0 Å². The number of aromatic nitrogens is 1. The smallest absolute Gasteiger partial charge is 0.224 e. The highest BCUT2D eigenvalue weighted by Gasteiger charge is 2.09. The average Bonchev–Trinajstić information content (AvgIpc) is 2.94. The number of hydrogen-bond acceptors (Lipinski definition) is 4. The molecule has 0 fully saturated rings. The molecule has 1 N–H and O–H groups in total. The number of aryl methyl sites for hydroxylation is 1. The number of carbonyl (C=O) groups is 2. The summed E-state index contributed by atoms with van der Waals surface area (Å²) in [6.07, 6.45) is 1.02. The van der Waals surface area contributed by atoms with Gasteiger partial charge in [0.05, 0.1) is 10.7 Å². The molecular formula is C17H20N2O2S. The number of amides is 1. The number of rotatable bonds is 6. The van der Waals surface area contributed by atoms with Crippen molar-refractivity contribution >= 4 is 28.7 Å². The standard InChI is InChI=1S/C17H20N2O2S/c1-11(2)15-10-22-17(19-15)8-7-16(21)18-14-6-4-5-13(9-14)12(3)20/h4-6,9-11H,7-8H2,1-3H3,(H,18,21). The maximum absolute atomic E-state index is 12.0. The van der Waals surface area contributed by atoms with E-state index < -0.39 is 0 Å². The molecule has 5 heteroatoms. The van der Waals surface area contributed by atoms with Gasteiger partial charge in [-0.1, -0.05) is 26.0 Å². The fraction of sp³-hybridized carbons (Fsp3) is 0.353. The number of carbonyl (C=O) groups excluding carboxylic acids is 2. The molecule has 0 aliphatic carbocycles. The van der Waals surface area contributed by atoms with Crippen LogP contribution in [-0.4, -0.2) is 16.7 Å². The van der Waals surface area contributed by atoms with E-state index in [-0.39, 0.29) is 11.7 Å². The topological polar surface area (TPSA) is 59.1 Å². The number of nitrogens with one attached hydrogen (secondary N) is 1. The van der Waals surface area contributed by atoms with Gasteiger partial charge in [0.1, 0.15) is 0 Å². The molecule has 0 atom stereocenters. The van der Waals surface area contributed by atoms with Crippen molar-refractivity contribution in [3.05, 3.63) is 45.9 Å². The number of thiazole rings is 1. The Balaban J connectivity index is 1.90. The lowest BCUT2D eigenvalue weighted by Gasteiger charge is -2.05. The SMILES string of the molecule is CC(=O)c1cccc(NC(=O)CCc2nc(C(C)C)cs2)c1. The Morgan fingerprint density at radius 1 is 1.32 bits per heavy atom. The van der Waals surface area contributed by atoms with Crippen LogP contribution in [0.1, 0.15) is 54.2 Å². The van der Waals surface area contributed by atoms with Crippen LogP contribution in [0.2, 0.25) is 0 Å². The van der Waals surface area contributed by atoms with Crippen LogP contribution in [-0.2, 0) is 11.2 Å². The minimum atomic E-state index is -0.0676. The number of anilines is 1. The number of Topliss-reactive ketones (excluding diaryl/α,β-unsaturated/α-hetero) is 1. The molecule has 116 valence electrons. The molecule has 0 spiro atoms. The predicted octanol–water partition coefficient (Wildman–Crippen LogP) is 4.04. The third-order valence-corrected chi connectivity index (χ3v) is 4.21. The summed E-state index contributed by atoms with van der Waals surface area (Å²) >= 11 is 1.60. The molecular weight excluding hydrogens is 296 g/mol. The summed E-state index contributed by atoms with van der Waals surface area (Å²) in [4.78, 5) is 27.8. The van der Waals surface area contributed by atoms with Crippen molar-refractivity contribution in [2.75, 3.05) is 5.32 Å². The van der Waals surface area contributed by atoms with Gasteiger partial charge in [-0.15, -0.1) is 11.3 Å². The normalized spacial score (nSPS) is 10.7. The van der Waals surface area contributed by atoms with Crippen LogP contribution in [0.5, 0.6) is 0 Å². The summed E-state index contributed by atoms with van der Waals surface area (Å²) in [6.45, 7) is 5.72. The lowest BCUT2D eigenvalue weighted by atomic mass is 10.1. The van der Waals surface area contributed by atoms with E-state index in [4.69, 9.17) is 0 Å². The van der Waals surface area contributed by atoms with Crippen LogP contribution >= 0.6 is 11.3 Å². The first-order chi connectivity index (χ1) is 10.5. The molecule has 1 aromatic carbocycles. The van der Waals surface area contributed by atoms with Crippen molar-refractivity contribution in [1.82, 2.24) is 4.98 Å². The molecule has 0 saturated carbocycles. The van der Waals surface area contributed by atoms with E-state index in [1.165, 1.54) is 6.92 Å². The van der Waals surface area contributed by atoms with Gasteiger partial charge in [0.2, 0.25) is 5.91 Å². The second-order valence-electron chi connectivity index (χ2n) is 5.51. The second-order valence-corrected chi connectivity index (χ2v) is 6.45. The van der Waals surface area contributed by atoms with Crippen LogP contribution < -0.4 is 5.32 Å². The number of ketones is 1. The van der Waals surface area contributed by atoms with E-state index in [2.05, 4.69) is 24.1 Å². The molecule has 0 aliphatic rings. The van der Waals surface area contributed by atoms with Gasteiger partial charge >= 0.3 is 0 Å². The zero-order chi connectivity index (χ0) is 16.1. The lowest BCUT2D eigenvalue weighted by molar-refractivity contribution is -0.116. The van der Waals surface area contributed by atoms with Crippen LogP contribution in [0.25, 0.3) is 0 Å². The van der Waals surface area contributed by atoms with Crippen molar-refractivity contribution in [2.24, 2.45) is 0 Å². The van der Waals surface area contributed by atoms with Gasteiger partial charge in [0.15, 0.2) is 5.78 Å². The molecule has 0 radical (unpaired) electrons. The molecule has 0 aliphatic heterocycles. The molecule has 2 rings (SSSR count). The quantitative estimate of drug-likeness (QED) is 0.818. The molecule has 0 saturated heterocycles. The first-order valence-corrected chi connectivity index (χ1v) is 8.19. The molecule has 4 nitrogen and oxygen atoms in total. The molecule has 2 aromatic rings. The molecule has 0 bridgehead atoms. The molecule has 1 aromatic heterocycles. The third-order valence-electron chi connectivity index (χ3n) is 3.28. The van der Waals surface area contributed by atoms with E-state index in [1.807, 2.05) is 5.38 Å². The Morgan fingerprint density at radius 3 is 2.73 bits per heavy atom. The van der Waals surface area contributed by atoms with Crippen LogP contribution in [0.15, 0.2) is 29.6 Å². The number of benzene rings is 1. The van der Waals surface area contributed by atoms with Gasteiger partial charge in [-0.3, -0.25) is 9.59 Å². The highest BCUT2D eigenvalue weighted by molar-refractivity contribution is 7.09. The molecule has 0 unspecified atom stereocenters. The highest BCUT2D eigenvalue weighted by atomic mass is 32.1. The van der Waals surface area contributed by atoms with E-state index in [1.54, 1.807) is 35.6 Å². The maximum Gasteiger partial charge on any atom is 0.224 e. The fourth-order valence-electron chi connectivity index (χ4n) is 1.96. The Morgan fingerprint density at radius 2 is 2.09 bits per heavy atom. The zero-order valence-electron chi connectivity index (χ0n) is 13.1. The number of nitrogens with zero attached hydrogens (tertiary/aromatic N) is 1. The fourth-order valence-corrected chi connectivity index (χ4v) is 2.92. The van der Waals surface area contributed by atoms with Gasteiger partial charge in [-0.05, 0) is 25.0 Å². The summed E-state index contributed by atoms with van der Waals surface area (Å²) in [7, 11) is 0. The summed E-state index contributed by atoms with van der Waals surface area (Å²) in [6, 6.07) is 6.98. The lowest BCUT2D eigenvalue weighted by Crippen LogP contribution is -2.12. The number of hydrogen-bond donors (Lipinski definition) is 1. The highest BCUT2D eigenvalue weighted by Crippen LogP contribution is 2.19. The summed E-state index contributed by atoms with van der Waals surface area (Å²) in [5.74, 6) is 0.329. The van der Waals surface area contributed by atoms with Crippen molar-refractivity contribution in [1.29, 1.82) is 0 Å². The van der Waals surface area contributed by atoms with Crippen molar-refractivity contribution in [3.63, 3.8) is 0 Å². The minimum absolute atomic E-state index is 0.0138. The predicted molar refractivity (Wildman–Crippen MR) is 89.6 cm³/mol. The van der Waals surface area contributed by atoms with Crippen molar-refractivity contribution in [3.8, 4) is 0 Å².